The minimum absolute atomic E-state index is 0.137. The SMILES string of the molecule is COC1CCN(c2cc(CNC(C)(C)C)ccn2)C1. The van der Waals surface area contributed by atoms with Crippen molar-refractivity contribution in [3.8, 4) is 0 Å². The predicted molar refractivity (Wildman–Crippen MR) is 78.5 cm³/mol. The van der Waals surface area contributed by atoms with Gasteiger partial charge in [0.05, 0.1) is 6.10 Å². The topological polar surface area (TPSA) is 37.4 Å². The molecule has 1 aromatic heterocycles. The van der Waals surface area contributed by atoms with E-state index in [2.05, 4.69) is 48.1 Å². The summed E-state index contributed by atoms with van der Waals surface area (Å²) in [6.45, 7) is 9.39. The fourth-order valence-electron chi connectivity index (χ4n) is 2.24. The lowest BCUT2D eigenvalue weighted by atomic mass is 10.1. The first-order valence-corrected chi connectivity index (χ1v) is 6.95. The van der Waals surface area contributed by atoms with Gasteiger partial charge in [-0.1, -0.05) is 0 Å². The molecular formula is C15H25N3O. The van der Waals surface area contributed by atoms with Crippen LogP contribution in [0.25, 0.3) is 0 Å². The lowest BCUT2D eigenvalue weighted by Gasteiger charge is -2.22. The Morgan fingerprint density at radius 3 is 2.89 bits per heavy atom. The number of ether oxygens (including phenoxy) is 1. The molecule has 0 bridgehead atoms. The second-order valence-electron chi connectivity index (χ2n) is 6.22. The second kappa shape index (κ2) is 5.88. The Bertz CT molecular complexity index is 414. The van der Waals surface area contributed by atoms with E-state index in [0.29, 0.717) is 6.10 Å². The number of nitrogens with one attached hydrogen (secondary N) is 1. The first-order valence-electron chi connectivity index (χ1n) is 6.95. The lowest BCUT2D eigenvalue weighted by Crippen LogP contribution is -2.35. The number of nitrogens with zero attached hydrogens (tertiary/aromatic N) is 2. The van der Waals surface area contributed by atoms with Gasteiger partial charge in [-0.05, 0) is 44.9 Å². The summed E-state index contributed by atoms with van der Waals surface area (Å²) >= 11 is 0. The third-order valence-corrected chi connectivity index (χ3v) is 3.44. The Balaban J connectivity index is 1.99. The molecule has 0 aliphatic carbocycles. The first-order chi connectivity index (χ1) is 8.98. The van der Waals surface area contributed by atoms with Crippen LogP contribution in [-0.4, -0.2) is 36.8 Å². The molecule has 1 aliphatic heterocycles. The van der Waals surface area contributed by atoms with E-state index in [1.54, 1.807) is 7.11 Å². The standard InChI is InChI=1S/C15H25N3O/c1-15(2,3)17-10-12-5-7-16-14(9-12)18-8-6-13(11-18)19-4/h5,7,9,13,17H,6,8,10-11H2,1-4H3. The van der Waals surface area contributed by atoms with Crippen molar-refractivity contribution < 1.29 is 4.74 Å². The molecule has 1 fully saturated rings. The summed E-state index contributed by atoms with van der Waals surface area (Å²) in [4.78, 5) is 6.78. The normalized spacial score (nSPS) is 20.0. The fraction of sp³-hybridized carbons (Fsp3) is 0.667. The molecule has 0 spiro atoms. The molecule has 2 heterocycles. The Kier molecular flexibility index (Phi) is 4.42. The van der Waals surface area contributed by atoms with E-state index in [1.807, 2.05) is 6.20 Å². The second-order valence-corrected chi connectivity index (χ2v) is 6.22. The molecule has 0 saturated carbocycles. The molecule has 1 saturated heterocycles. The van der Waals surface area contributed by atoms with Gasteiger partial charge in [-0.25, -0.2) is 4.98 Å². The van der Waals surface area contributed by atoms with E-state index < -0.39 is 0 Å². The van der Waals surface area contributed by atoms with Crippen molar-refractivity contribution in [1.82, 2.24) is 10.3 Å². The number of aromatic nitrogens is 1. The van der Waals surface area contributed by atoms with Gasteiger partial charge in [-0.2, -0.15) is 0 Å². The zero-order valence-electron chi connectivity index (χ0n) is 12.4. The van der Waals surface area contributed by atoms with Gasteiger partial charge in [-0.3, -0.25) is 0 Å². The molecule has 4 nitrogen and oxygen atoms in total. The van der Waals surface area contributed by atoms with Crippen molar-refractivity contribution in [3.05, 3.63) is 23.9 Å². The van der Waals surface area contributed by atoms with Gasteiger partial charge in [0.15, 0.2) is 0 Å². The highest BCUT2D eigenvalue weighted by molar-refractivity contribution is 5.42. The van der Waals surface area contributed by atoms with Crippen LogP contribution in [0, 0.1) is 0 Å². The Morgan fingerprint density at radius 2 is 2.26 bits per heavy atom. The highest BCUT2D eigenvalue weighted by atomic mass is 16.5. The smallest absolute Gasteiger partial charge is 0.128 e. The molecule has 1 N–H and O–H groups in total. The van der Waals surface area contributed by atoms with Crippen molar-refractivity contribution in [2.24, 2.45) is 0 Å². The van der Waals surface area contributed by atoms with Crippen LogP contribution in [-0.2, 0) is 11.3 Å². The van der Waals surface area contributed by atoms with Gasteiger partial charge in [0.25, 0.3) is 0 Å². The maximum absolute atomic E-state index is 5.40. The van der Waals surface area contributed by atoms with Gasteiger partial charge < -0.3 is 15.0 Å². The Hall–Kier alpha value is -1.13. The van der Waals surface area contributed by atoms with E-state index >= 15 is 0 Å². The largest absolute Gasteiger partial charge is 0.380 e. The molecule has 106 valence electrons. The number of anilines is 1. The van der Waals surface area contributed by atoms with Crippen molar-refractivity contribution in [1.29, 1.82) is 0 Å². The fourth-order valence-corrected chi connectivity index (χ4v) is 2.24. The zero-order chi connectivity index (χ0) is 13.9. The van der Waals surface area contributed by atoms with Crippen molar-refractivity contribution in [2.75, 3.05) is 25.1 Å². The molecule has 19 heavy (non-hydrogen) atoms. The highest BCUT2D eigenvalue weighted by Gasteiger charge is 2.23. The zero-order valence-corrected chi connectivity index (χ0v) is 12.4. The first kappa shape index (κ1) is 14.3. The number of pyridine rings is 1. The molecule has 1 unspecified atom stereocenters. The third-order valence-electron chi connectivity index (χ3n) is 3.44. The number of hydrogen-bond acceptors (Lipinski definition) is 4. The minimum Gasteiger partial charge on any atom is -0.380 e. The van der Waals surface area contributed by atoms with Gasteiger partial charge in [-0.15, -0.1) is 0 Å². The van der Waals surface area contributed by atoms with Gasteiger partial charge in [0.2, 0.25) is 0 Å². The van der Waals surface area contributed by atoms with Gasteiger partial charge >= 0.3 is 0 Å². The van der Waals surface area contributed by atoms with Gasteiger partial charge in [0, 0.05) is 38.5 Å². The number of hydrogen-bond donors (Lipinski definition) is 1. The molecule has 0 radical (unpaired) electrons. The van der Waals surface area contributed by atoms with E-state index in [4.69, 9.17) is 4.74 Å². The Morgan fingerprint density at radius 1 is 1.47 bits per heavy atom. The van der Waals surface area contributed by atoms with Crippen molar-refractivity contribution >= 4 is 5.82 Å². The third kappa shape index (κ3) is 4.18. The van der Waals surface area contributed by atoms with Crippen LogP contribution in [0.5, 0.6) is 0 Å². The summed E-state index contributed by atoms with van der Waals surface area (Å²) in [6.07, 6.45) is 3.33. The predicted octanol–water partition coefficient (Wildman–Crippen LogP) is 2.19. The molecule has 1 atom stereocenters. The van der Waals surface area contributed by atoms with E-state index in [-0.39, 0.29) is 5.54 Å². The van der Waals surface area contributed by atoms with Crippen LogP contribution in [0.1, 0.15) is 32.8 Å². The van der Waals surface area contributed by atoms with Crippen LogP contribution < -0.4 is 10.2 Å². The molecule has 1 aromatic rings. The van der Waals surface area contributed by atoms with Crippen LogP contribution in [0.3, 0.4) is 0 Å². The maximum Gasteiger partial charge on any atom is 0.128 e. The highest BCUT2D eigenvalue weighted by Crippen LogP contribution is 2.20. The quantitative estimate of drug-likeness (QED) is 0.903. The van der Waals surface area contributed by atoms with Crippen LogP contribution in [0.15, 0.2) is 18.3 Å². The molecule has 2 rings (SSSR count). The summed E-state index contributed by atoms with van der Waals surface area (Å²) in [5, 5.41) is 3.50. The van der Waals surface area contributed by atoms with Crippen LogP contribution in [0.2, 0.25) is 0 Å². The molecule has 0 amide bonds. The Labute approximate surface area is 116 Å². The lowest BCUT2D eigenvalue weighted by molar-refractivity contribution is 0.121. The van der Waals surface area contributed by atoms with Crippen molar-refractivity contribution in [2.45, 2.75) is 45.4 Å². The maximum atomic E-state index is 5.40. The van der Waals surface area contributed by atoms with E-state index in [1.165, 1.54) is 5.56 Å². The molecule has 4 heteroatoms. The average Bonchev–Trinajstić information content (AvgIpc) is 2.85. The van der Waals surface area contributed by atoms with Crippen molar-refractivity contribution in [3.63, 3.8) is 0 Å². The summed E-state index contributed by atoms with van der Waals surface area (Å²) < 4.78 is 5.40. The summed E-state index contributed by atoms with van der Waals surface area (Å²) in [5.74, 6) is 1.06. The molecule has 1 aliphatic rings. The summed E-state index contributed by atoms with van der Waals surface area (Å²) in [5.41, 5.74) is 1.42. The average molecular weight is 263 g/mol. The van der Waals surface area contributed by atoms with E-state index in [0.717, 1.165) is 31.9 Å². The number of methoxy groups -OCH3 is 1. The molecule has 0 aromatic carbocycles. The summed E-state index contributed by atoms with van der Waals surface area (Å²) in [7, 11) is 1.78. The van der Waals surface area contributed by atoms with Gasteiger partial charge in [0.1, 0.15) is 5.82 Å². The summed E-state index contributed by atoms with van der Waals surface area (Å²) in [6, 6.07) is 4.25. The van der Waals surface area contributed by atoms with Crippen LogP contribution >= 0.6 is 0 Å². The van der Waals surface area contributed by atoms with E-state index in [9.17, 15) is 0 Å². The molecular weight excluding hydrogens is 238 g/mol. The van der Waals surface area contributed by atoms with Crippen LogP contribution in [0.4, 0.5) is 5.82 Å². The number of rotatable bonds is 4. The minimum atomic E-state index is 0.137. The monoisotopic (exact) mass is 263 g/mol.